The van der Waals surface area contributed by atoms with Crippen LogP contribution in [0.3, 0.4) is 0 Å². The van der Waals surface area contributed by atoms with Crippen molar-refractivity contribution in [1.82, 2.24) is 20.0 Å². The van der Waals surface area contributed by atoms with Crippen LogP contribution in [-0.2, 0) is 6.42 Å². The highest BCUT2D eigenvalue weighted by Crippen LogP contribution is 2.25. The SMILES string of the molecule is Cc1c(CCN)nnn1-c1nc(-c2ccc(F)cc2)cs1. The highest BCUT2D eigenvalue weighted by molar-refractivity contribution is 7.12. The lowest BCUT2D eigenvalue weighted by Gasteiger charge is -1.99. The van der Waals surface area contributed by atoms with Crippen molar-refractivity contribution in [1.29, 1.82) is 0 Å². The van der Waals surface area contributed by atoms with Crippen LogP contribution in [0.2, 0.25) is 0 Å². The van der Waals surface area contributed by atoms with Crippen LogP contribution < -0.4 is 5.73 Å². The summed E-state index contributed by atoms with van der Waals surface area (Å²) in [5.41, 5.74) is 9.05. The monoisotopic (exact) mass is 303 g/mol. The van der Waals surface area contributed by atoms with Crippen LogP contribution in [0, 0.1) is 12.7 Å². The molecule has 2 aromatic heterocycles. The first-order valence-corrected chi connectivity index (χ1v) is 7.40. The van der Waals surface area contributed by atoms with Crippen molar-refractivity contribution >= 4 is 11.3 Å². The first kappa shape index (κ1) is 13.8. The maximum Gasteiger partial charge on any atom is 0.212 e. The van der Waals surface area contributed by atoms with E-state index in [1.807, 2.05) is 12.3 Å². The second-order valence-electron chi connectivity index (χ2n) is 4.59. The van der Waals surface area contributed by atoms with Gasteiger partial charge in [0.15, 0.2) is 0 Å². The molecule has 7 heteroatoms. The van der Waals surface area contributed by atoms with Gasteiger partial charge in [-0.2, -0.15) is 4.68 Å². The Balaban J connectivity index is 1.93. The van der Waals surface area contributed by atoms with Gasteiger partial charge in [-0.3, -0.25) is 0 Å². The van der Waals surface area contributed by atoms with E-state index in [2.05, 4.69) is 15.3 Å². The quantitative estimate of drug-likeness (QED) is 0.803. The third-order valence-corrected chi connectivity index (χ3v) is 4.00. The Morgan fingerprint density at radius 1 is 1.29 bits per heavy atom. The van der Waals surface area contributed by atoms with E-state index in [0.717, 1.165) is 27.8 Å². The second-order valence-corrected chi connectivity index (χ2v) is 5.43. The maximum atomic E-state index is 13.0. The average molecular weight is 303 g/mol. The number of nitrogens with zero attached hydrogens (tertiary/aromatic N) is 4. The number of hydrogen-bond acceptors (Lipinski definition) is 5. The van der Waals surface area contributed by atoms with E-state index in [4.69, 9.17) is 5.73 Å². The van der Waals surface area contributed by atoms with E-state index < -0.39 is 0 Å². The Kier molecular flexibility index (Phi) is 3.76. The van der Waals surface area contributed by atoms with Gasteiger partial charge in [0.25, 0.3) is 0 Å². The molecule has 3 aromatic rings. The summed E-state index contributed by atoms with van der Waals surface area (Å²) in [6, 6.07) is 6.27. The van der Waals surface area contributed by atoms with Crippen molar-refractivity contribution in [2.24, 2.45) is 5.73 Å². The van der Waals surface area contributed by atoms with Crippen molar-refractivity contribution in [3.8, 4) is 16.4 Å². The molecule has 0 saturated heterocycles. The molecule has 0 atom stereocenters. The van der Waals surface area contributed by atoms with Crippen LogP contribution in [0.25, 0.3) is 16.4 Å². The summed E-state index contributed by atoms with van der Waals surface area (Å²) in [5, 5.41) is 10.9. The molecule has 1 aromatic carbocycles. The predicted octanol–water partition coefficient (Wildman–Crippen LogP) is 2.34. The summed E-state index contributed by atoms with van der Waals surface area (Å²) < 4.78 is 14.7. The topological polar surface area (TPSA) is 69.6 Å². The van der Waals surface area contributed by atoms with Crippen molar-refractivity contribution in [2.45, 2.75) is 13.3 Å². The van der Waals surface area contributed by atoms with Gasteiger partial charge in [-0.25, -0.2) is 9.37 Å². The average Bonchev–Trinajstić information content (AvgIpc) is 3.08. The number of aromatic nitrogens is 4. The van der Waals surface area contributed by atoms with E-state index in [1.54, 1.807) is 16.8 Å². The van der Waals surface area contributed by atoms with E-state index >= 15 is 0 Å². The van der Waals surface area contributed by atoms with Gasteiger partial charge in [-0.05, 0) is 37.7 Å². The minimum atomic E-state index is -0.257. The fourth-order valence-corrected chi connectivity index (χ4v) is 2.85. The highest BCUT2D eigenvalue weighted by atomic mass is 32.1. The summed E-state index contributed by atoms with van der Waals surface area (Å²) in [6.07, 6.45) is 0.696. The molecular weight excluding hydrogens is 289 g/mol. The lowest BCUT2D eigenvalue weighted by atomic mass is 10.2. The largest absolute Gasteiger partial charge is 0.330 e. The van der Waals surface area contributed by atoms with Gasteiger partial charge in [-0.15, -0.1) is 16.4 Å². The summed E-state index contributed by atoms with van der Waals surface area (Å²) in [4.78, 5) is 4.54. The molecule has 3 rings (SSSR count). The van der Waals surface area contributed by atoms with Gasteiger partial charge in [-0.1, -0.05) is 5.21 Å². The molecule has 0 aliphatic carbocycles. The van der Waals surface area contributed by atoms with E-state index in [1.165, 1.54) is 23.5 Å². The van der Waals surface area contributed by atoms with Crippen LogP contribution in [0.15, 0.2) is 29.6 Å². The molecule has 0 radical (unpaired) electrons. The van der Waals surface area contributed by atoms with Crippen LogP contribution >= 0.6 is 11.3 Å². The molecule has 2 heterocycles. The molecule has 0 bridgehead atoms. The molecule has 0 aliphatic heterocycles. The number of thiazole rings is 1. The molecule has 2 N–H and O–H groups in total. The first-order chi connectivity index (χ1) is 10.2. The fraction of sp³-hybridized carbons (Fsp3) is 0.214. The number of nitrogens with two attached hydrogens (primary N) is 1. The van der Waals surface area contributed by atoms with Crippen molar-refractivity contribution in [2.75, 3.05) is 6.54 Å². The van der Waals surface area contributed by atoms with Gasteiger partial charge < -0.3 is 5.73 Å². The lowest BCUT2D eigenvalue weighted by molar-refractivity contribution is 0.628. The molecule has 0 aliphatic rings. The van der Waals surface area contributed by atoms with Crippen molar-refractivity contribution in [3.05, 3.63) is 46.9 Å². The van der Waals surface area contributed by atoms with Crippen molar-refractivity contribution in [3.63, 3.8) is 0 Å². The molecule has 0 unspecified atom stereocenters. The van der Waals surface area contributed by atoms with Crippen LogP contribution in [0.4, 0.5) is 4.39 Å². The zero-order chi connectivity index (χ0) is 14.8. The van der Waals surface area contributed by atoms with Gasteiger partial charge in [0.2, 0.25) is 5.13 Å². The van der Waals surface area contributed by atoms with Crippen LogP contribution in [-0.4, -0.2) is 26.5 Å². The Hall–Kier alpha value is -2.12. The van der Waals surface area contributed by atoms with Gasteiger partial charge in [0, 0.05) is 17.4 Å². The zero-order valence-corrected chi connectivity index (χ0v) is 12.3. The molecule has 5 nitrogen and oxygen atoms in total. The standard InChI is InChI=1S/C14H14FN5S/c1-9-12(6-7-16)18-19-20(9)14-17-13(8-21-14)10-2-4-11(15)5-3-10/h2-5,8H,6-7,16H2,1H3. The van der Waals surface area contributed by atoms with E-state index in [0.29, 0.717) is 13.0 Å². The maximum absolute atomic E-state index is 13.0. The summed E-state index contributed by atoms with van der Waals surface area (Å²) in [7, 11) is 0. The number of halogens is 1. The van der Waals surface area contributed by atoms with Gasteiger partial charge >= 0.3 is 0 Å². The van der Waals surface area contributed by atoms with Crippen LogP contribution in [0.5, 0.6) is 0 Å². The van der Waals surface area contributed by atoms with Gasteiger partial charge in [0.05, 0.1) is 17.1 Å². The summed E-state index contributed by atoms with van der Waals surface area (Å²) in [5.74, 6) is -0.257. The molecule has 21 heavy (non-hydrogen) atoms. The Labute approximate surface area is 125 Å². The van der Waals surface area contributed by atoms with Crippen molar-refractivity contribution < 1.29 is 4.39 Å². The molecule has 0 spiro atoms. The van der Waals surface area contributed by atoms with Crippen LogP contribution in [0.1, 0.15) is 11.4 Å². The third-order valence-electron chi connectivity index (χ3n) is 3.18. The normalized spacial score (nSPS) is 11.0. The number of benzene rings is 1. The zero-order valence-electron chi connectivity index (χ0n) is 11.5. The minimum Gasteiger partial charge on any atom is -0.330 e. The van der Waals surface area contributed by atoms with E-state index in [-0.39, 0.29) is 5.82 Å². The first-order valence-electron chi connectivity index (χ1n) is 6.52. The lowest BCUT2D eigenvalue weighted by Crippen LogP contribution is -2.05. The molecule has 0 amide bonds. The summed E-state index contributed by atoms with van der Waals surface area (Å²) >= 11 is 1.47. The van der Waals surface area contributed by atoms with E-state index in [9.17, 15) is 4.39 Å². The summed E-state index contributed by atoms with van der Waals surface area (Å²) in [6.45, 7) is 2.49. The number of rotatable bonds is 4. The molecule has 108 valence electrons. The van der Waals surface area contributed by atoms with Gasteiger partial charge in [0.1, 0.15) is 5.82 Å². The highest BCUT2D eigenvalue weighted by Gasteiger charge is 2.13. The molecular formula is C14H14FN5S. The molecule has 0 fully saturated rings. The smallest absolute Gasteiger partial charge is 0.212 e. The Bertz CT molecular complexity index is 747. The fourth-order valence-electron chi connectivity index (χ4n) is 2.02. The number of hydrogen-bond donors (Lipinski definition) is 1. The Morgan fingerprint density at radius 3 is 2.76 bits per heavy atom. The second kappa shape index (κ2) is 5.71. The Morgan fingerprint density at radius 2 is 2.05 bits per heavy atom. The third kappa shape index (κ3) is 2.70. The molecule has 0 saturated carbocycles. The predicted molar refractivity (Wildman–Crippen MR) is 79.9 cm³/mol. The minimum absolute atomic E-state index is 0.257.